The van der Waals surface area contributed by atoms with Crippen molar-refractivity contribution in [2.24, 2.45) is 10.9 Å². The summed E-state index contributed by atoms with van der Waals surface area (Å²) in [6, 6.07) is 10.4. The van der Waals surface area contributed by atoms with Crippen LogP contribution in [-0.2, 0) is 9.53 Å². The van der Waals surface area contributed by atoms with Crippen LogP contribution in [0.2, 0.25) is 0 Å². The topological polar surface area (TPSA) is 60.4 Å². The molecular formula is C21H33N5O2. The van der Waals surface area contributed by atoms with Crippen LogP contribution in [-0.4, -0.2) is 87.7 Å². The number of rotatable bonds is 6. The zero-order valence-corrected chi connectivity index (χ0v) is 17.1. The molecule has 0 aromatic heterocycles. The van der Waals surface area contributed by atoms with Crippen molar-refractivity contribution in [2.75, 3.05) is 71.0 Å². The van der Waals surface area contributed by atoms with Crippen LogP contribution < -0.4 is 10.2 Å². The Hall–Kier alpha value is -2.28. The smallest absolute Gasteiger partial charge is 0.244 e. The number of hydrogen-bond acceptors (Lipinski definition) is 4. The summed E-state index contributed by atoms with van der Waals surface area (Å²) in [5.74, 6) is 1.43. The van der Waals surface area contributed by atoms with E-state index in [1.165, 1.54) is 5.69 Å². The predicted molar refractivity (Wildman–Crippen MR) is 113 cm³/mol. The van der Waals surface area contributed by atoms with Gasteiger partial charge in [0.15, 0.2) is 5.96 Å². The molecule has 154 valence electrons. The Labute approximate surface area is 168 Å². The van der Waals surface area contributed by atoms with Crippen LogP contribution in [0.5, 0.6) is 0 Å². The number of hydrogen-bond donors (Lipinski definition) is 1. The lowest BCUT2D eigenvalue weighted by Gasteiger charge is -2.36. The van der Waals surface area contributed by atoms with Crippen LogP contribution in [0.4, 0.5) is 5.69 Å². The van der Waals surface area contributed by atoms with Gasteiger partial charge in [0.2, 0.25) is 5.91 Å². The molecule has 2 heterocycles. The van der Waals surface area contributed by atoms with Crippen LogP contribution in [0.3, 0.4) is 0 Å². The van der Waals surface area contributed by atoms with Crippen LogP contribution in [0, 0.1) is 5.92 Å². The maximum atomic E-state index is 12.7. The van der Waals surface area contributed by atoms with Gasteiger partial charge in [-0.05, 0) is 25.5 Å². The number of guanidine groups is 1. The molecule has 1 unspecified atom stereocenters. The maximum absolute atomic E-state index is 12.7. The second kappa shape index (κ2) is 10.3. The summed E-state index contributed by atoms with van der Waals surface area (Å²) in [6.07, 6.45) is 1.09. The van der Waals surface area contributed by atoms with Crippen molar-refractivity contribution in [3.63, 3.8) is 0 Å². The minimum absolute atomic E-state index is 0.0979. The highest BCUT2D eigenvalue weighted by Gasteiger charge is 2.22. The number of aliphatic imine (C=N–C) groups is 1. The number of carbonyl (C=O) groups is 1. The zero-order chi connectivity index (χ0) is 19.8. The minimum Gasteiger partial charge on any atom is -0.381 e. The summed E-state index contributed by atoms with van der Waals surface area (Å²) in [5.41, 5.74) is 1.22. The normalized spacial score (nSPS) is 20.4. The summed E-state index contributed by atoms with van der Waals surface area (Å²) in [4.78, 5) is 23.6. The summed E-state index contributed by atoms with van der Waals surface area (Å²) in [7, 11) is 2.03. The van der Waals surface area contributed by atoms with Crippen molar-refractivity contribution in [1.29, 1.82) is 0 Å². The van der Waals surface area contributed by atoms with E-state index in [0.717, 1.165) is 64.9 Å². The van der Waals surface area contributed by atoms with Gasteiger partial charge in [0.05, 0.1) is 6.61 Å². The third-order valence-electron chi connectivity index (χ3n) is 5.37. The van der Waals surface area contributed by atoms with Gasteiger partial charge in [-0.3, -0.25) is 4.79 Å². The molecule has 2 saturated heterocycles. The first-order valence-corrected chi connectivity index (χ1v) is 10.3. The van der Waals surface area contributed by atoms with Crippen molar-refractivity contribution in [3.05, 3.63) is 30.3 Å². The first kappa shape index (κ1) is 20.5. The number of anilines is 1. The van der Waals surface area contributed by atoms with Crippen LogP contribution in [0.15, 0.2) is 35.3 Å². The van der Waals surface area contributed by atoms with Gasteiger partial charge in [0, 0.05) is 64.5 Å². The number of piperazine rings is 1. The molecule has 28 heavy (non-hydrogen) atoms. The summed E-state index contributed by atoms with van der Waals surface area (Å²) < 4.78 is 5.46. The fourth-order valence-electron chi connectivity index (χ4n) is 3.77. The Bertz CT molecular complexity index is 637. The summed E-state index contributed by atoms with van der Waals surface area (Å²) >= 11 is 0. The molecule has 2 aliphatic heterocycles. The average molecular weight is 388 g/mol. The summed E-state index contributed by atoms with van der Waals surface area (Å²) in [5, 5.41) is 3.30. The minimum atomic E-state index is 0.0979. The fraction of sp³-hybridized carbons (Fsp3) is 0.619. The molecule has 3 rings (SSSR count). The fourth-order valence-corrected chi connectivity index (χ4v) is 3.77. The van der Waals surface area contributed by atoms with E-state index in [4.69, 9.17) is 4.74 Å². The Morgan fingerprint density at radius 3 is 2.64 bits per heavy atom. The van der Waals surface area contributed by atoms with Gasteiger partial charge in [-0.25, -0.2) is 4.99 Å². The SMILES string of the molecule is CCNC(=NCC(=O)N1CCN(c2ccccc2)CC1)N(C)CC1CCOC1. The van der Waals surface area contributed by atoms with Gasteiger partial charge in [-0.1, -0.05) is 18.2 Å². The van der Waals surface area contributed by atoms with Gasteiger partial charge in [-0.15, -0.1) is 0 Å². The van der Waals surface area contributed by atoms with Crippen molar-refractivity contribution < 1.29 is 9.53 Å². The molecule has 1 amide bonds. The molecule has 0 aliphatic carbocycles. The van der Waals surface area contributed by atoms with Gasteiger partial charge >= 0.3 is 0 Å². The number of carbonyl (C=O) groups excluding carboxylic acids is 1. The third kappa shape index (κ3) is 5.61. The van der Waals surface area contributed by atoms with Crippen molar-refractivity contribution in [3.8, 4) is 0 Å². The maximum Gasteiger partial charge on any atom is 0.244 e. The second-order valence-corrected chi connectivity index (χ2v) is 7.48. The number of ether oxygens (including phenoxy) is 1. The highest BCUT2D eigenvalue weighted by atomic mass is 16.5. The molecule has 7 heteroatoms. The number of nitrogens with one attached hydrogen (secondary N) is 1. The molecular weight excluding hydrogens is 354 g/mol. The van der Waals surface area contributed by atoms with Crippen LogP contribution in [0.1, 0.15) is 13.3 Å². The molecule has 2 aliphatic rings. The average Bonchev–Trinajstić information content (AvgIpc) is 3.24. The quantitative estimate of drug-likeness (QED) is 0.588. The Morgan fingerprint density at radius 2 is 2.00 bits per heavy atom. The predicted octanol–water partition coefficient (Wildman–Crippen LogP) is 1.27. The highest BCUT2D eigenvalue weighted by Crippen LogP contribution is 2.16. The van der Waals surface area contributed by atoms with Gasteiger partial charge < -0.3 is 24.8 Å². The standard InChI is InChI=1S/C21H33N5O2/c1-3-22-21(24(2)16-18-9-14-28-17-18)23-15-20(27)26-12-10-25(11-13-26)19-7-5-4-6-8-19/h4-8,18H,3,9-17H2,1-2H3,(H,22,23). The van der Waals surface area contributed by atoms with E-state index in [1.807, 2.05) is 24.9 Å². The highest BCUT2D eigenvalue weighted by molar-refractivity contribution is 5.85. The molecule has 1 aromatic carbocycles. The van der Waals surface area contributed by atoms with Crippen LogP contribution in [0.25, 0.3) is 0 Å². The lowest BCUT2D eigenvalue weighted by molar-refractivity contribution is -0.129. The van der Waals surface area contributed by atoms with Gasteiger partial charge in [-0.2, -0.15) is 0 Å². The largest absolute Gasteiger partial charge is 0.381 e. The van der Waals surface area contributed by atoms with E-state index in [2.05, 4.69) is 44.4 Å². The Kier molecular flexibility index (Phi) is 7.54. The first-order valence-electron chi connectivity index (χ1n) is 10.3. The van der Waals surface area contributed by atoms with E-state index in [0.29, 0.717) is 5.92 Å². The number of benzene rings is 1. The van der Waals surface area contributed by atoms with E-state index in [1.54, 1.807) is 0 Å². The Balaban J connectivity index is 1.49. The van der Waals surface area contributed by atoms with Gasteiger partial charge in [0.25, 0.3) is 0 Å². The van der Waals surface area contributed by atoms with Crippen molar-refractivity contribution in [2.45, 2.75) is 13.3 Å². The number of para-hydroxylation sites is 1. The second-order valence-electron chi connectivity index (χ2n) is 7.48. The monoisotopic (exact) mass is 387 g/mol. The molecule has 0 spiro atoms. The van der Waals surface area contributed by atoms with Crippen molar-refractivity contribution in [1.82, 2.24) is 15.1 Å². The number of amides is 1. The van der Waals surface area contributed by atoms with Gasteiger partial charge in [0.1, 0.15) is 6.54 Å². The third-order valence-corrected chi connectivity index (χ3v) is 5.37. The van der Waals surface area contributed by atoms with E-state index >= 15 is 0 Å². The summed E-state index contributed by atoms with van der Waals surface area (Å²) in [6.45, 7) is 8.80. The van der Waals surface area contributed by atoms with Crippen molar-refractivity contribution >= 4 is 17.6 Å². The molecule has 0 bridgehead atoms. The lowest BCUT2D eigenvalue weighted by atomic mass is 10.1. The lowest BCUT2D eigenvalue weighted by Crippen LogP contribution is -2.49. The van der Waals surface area contributed by atoms with E-state index in [-0.39, 0.29) is 12.5 Å². The van der Waals surface area contributed by atoms with Crippen LogP contribution >= 0.6 is 0 Å². The number of nitrogens with zero attached hydrogens (tertiary/aromatic N) is 4. The molecule has 7 nitrogen and oxygen atoms in total. The van der Waals surface area contributed by atoms with E-state index in [9.17, 15) is 4.79 Å². The molecule has 1 aromatic rings. The molecule has 0 saturated carbocycles. The molecule has 1 atom stereocenters. The molecule has 2 fully saturated rings. The molecule has 1 N–H and O–H groups in total. The zero-order valence-electron chi connectivity index (χ0n) is 17.1. The molecule has 0 radical (unpaired) electrons. The van der Waals surface area contributed by atoms with E-state index < -0.39 is 0 Å². The first-order chi connectivity index (χ1) is 13.7. The Morgan fingerprint density at radius 1 is 1.25 bits per heavy atom.